The summed E-state index contributed by atoms with van der Waals surface area (Å²) in [6.07, 6.45) is 1.45. The Kier molecular flexibility index (Phi) is 2.11. The van der Waals surface area contributed by atoms with E-state index >= 15 is 0 Å². The summed E-state index contributed by atoms with van der Waals surface area (Å²) in [5.41, 5.74) is 6.28. The summed E-state index contributed by atoms with van der Waals surface area (Å²) < 4.78 is 11.0. The molecule has 17 heavy (non-hydrogen) atoms. The number of nitrogens with two attached hydrogens (primary N) is 1. The number of aromatic nitrogens is 1. The predicted molar refractivity (Wildman–Crippen MR) is 61.3 cm³/mol. The molecule has 0 spiro atoms. The van der Waals surface area contributed by atoms with Crippen molar-refractivity contribution in [2.75, 3.05) is 13.2 Å². The second-order valence-corrected chi connectivity index (χ2v) is 3.75. The van der Waals surface area contributed by atoms with E-state index < -0.39 is 5.91 Å². The monoisotopic (exact) mass is 230 g/mol. The zero-order valence-electron chi connectivity index (χ0n) is 8.97. The fraction of sp³-hybridized carbons (Fsp3) is 0.167. The first-order valence-corrected chi connectivity index (χ1v) is 5.24. The van der Waals surface area contributed by atoms with Crippen LogP contribution in [0.3, 0.4) is 0 Å². The number of fused-ring (bicyclic) bond motifs is 3. The van der Waals surface area contributed by atoms with Crippen LogP contribution in [0, 0.1) is 0 Å². The van der Waals surface area contributed by atoms with E-state index in [-0.39, 0.29) is 0 Å². The molecule has 86 valence electrons. The first-order chi connectivity index (χ1) is 8.25. The first kappa shape index (κ1) is 9.89. The Morgan fingerprint density at radius 2 is 2.12 bits per heavy atom. The van der Waals surface area contributed by atoms with E-state index in [1.165, 1.54) is 6.20 Å². The van der Waals surface area contributed by atoms with Crippen molar-refractivity contribution < 1.29 is 14.3 Å². The number of amides is 1. The number of pyridine rings is 1. The van der Waals surface area contributed by atoms with Crippen molar-refractivity contribution in [2.24, 2.45) is 5.73 Å². The maximum atomic E-state index is 11.1. The minimum absolute atomic E-state index is 0.383. The average Bonchev–Trinajstić information content (AvgIpc) is 2.38. The normalized spacial score (nSPS) is 13.6. The zero-order valence-corrected chi connectivity index (χ0v) is 8.97. The third-order valence-electron chi connectivity index (χ3n) is 2.64. The van der Waals surface area contributed by atoms with Crippen LogP contribution in [0.1, 0.15) is 10.4 Å². The zero-order chi connectivity index (χ0) is 11.8. The van der Waals surface area contributed by atoms with Gasteiger partial charge >= 0.3 is 0 Å². The molecule has 0 fully saturated rings. The summed E-state index contributed by atoms with van der Waals surface area (Å²) in [6.45, 7) is 1.04. The Morgan fingerprint density at radius 1 is 1.29 bits per heavy atom. The number of hydrogen-bond donors (Lipinski definition) is 1. The highest BCUT2D eigenvalue weighted by Crippen LogP contribution is 2.36. The number of rotatable bonds is 1. The lowest BCUT2D eigenvalue weighted by Gasteiger charge is -2.19. The van der Waals surface area contributed by atoms with Gasteiger partial charge < -0.3 is 15.2 Å². The van der Waals surface area contributed by atoms with E-state index in [2.05, 4.69) is 4.98 Å². The number of nitrogens with zero attached hydrogens (tertiary/aromatic N) is 1. The highest BCUT2D eigenvalue weighted by atomic mass is 16.6. The Labute approximate surface area is 97.2 Å². The van der Waals surface area contributed by atoms with Gasteiger partial charge in [0.25, 0.3) is 0 Å². The topological polar surface area (TPSA) is 74.4 Å². The van der Waals surface area contributed by atoms with Gasteiger partial charge in [0, 0.05) is 11.6 Å². The molecule has 1 aliphatic heterocycles. The third kappa shape index (κ3) is 1.56. The molecule has 2 aromatic rings. The van der Waals surface area contributed by atoms with Gasteiger partial charge in [-0.05, 0) is 18.2 Å². The average molecular weight is 230 g/mol. The molecule has 1 aromatic heterocycles. The molecule has 5 heteroatoms. The molecule has 0 saturated carbocycles. The van der Waals surface area contributed by atoms with Gasteiger partial charge in [0.05, 0.1) is 5.56 Å². The van der Waals surface area contributed by atoms with Gasteiger partial charge in [-0.25, -0.2) is 0 Å². The van der Waals surface area contributed by atoms with Crippen LogP contribution in [-0.2, 0) is 0 Å². The Bertz CT molecular complexity index is 610. The van der Waals surface area contributed by atoms with Gasteiger partial charge in [0.1, 0.15) is 18.7 Å². The smallest absolute Gasteiger partial charge is 0.250 e. The van der Waals surface area contributed by atoms with Crippen molar-refractivity contribution in [3.05, 3.63) is 30.0 Å². The summed E-state index contributed by atoms with van der Waals surface area (Å²) >= 11 is 0. The molecular formula is C12H10N2O3. The summed E-state index contributed by atoms with van der Waals surface area (Å²) in [5.74, 6) is 0.821. The predicted octanol–water partition coefficient (Wildman–Crippen LogP) is 1.10. The van der Waals surface area contributed by atoms with Crippen LogP contribution in [0.15, 0.2) is 24.4 Å². The maximum Gasteiger partial charge on any atom is 0.250 e. The van der Waals surface area contributed by atoms with E-state index in [9.17, 15) is 4.79 Å². The summed E-state index contributed by atoms with van der Waals surface area (Å²) in [5, 5.41) is 0.811. The van der Waals surface area contributed by atoms with Gasteiger partial charge in [-0.1, -0.05) is 0 Å². The van der Waals surface area contributed by atoms with Gasteiger partial charge in [0.15, 0.2) is 11.5 Å². The van der Waals surface area contributed by atoms with Gasteiger partial charge in [-0.2, -0.15) is 0 Å². The van der Waals surface area contributed by atoms with Crippen LogP contribution in [0.4, 0.5) is 0 Å². The van der Waals surface area contributed by atoms with Crippen molar-refractivity contribution in [2.45, 2.75) is 0 Å². The van der Waals surface area contributed by atoms with E-state index in [1.54, 1.807) is 6.07 Å². The standard InChI is InChI=1S/C12H10N2O3/c13-12(15)8-5-7-1-2-9-11(10(7)14-6-8)17-4-3-16-9/h1-2,5-6H,3-4H2,(H2,13,15). The summed E-state index contributed by atoms with van der Waals surface area (Å²) in [4.78, 5) is 15.3. The van der Waals surface area contributed by atoms with Crippen LogP contribution < -0.4 is 15.2 Å². The van der Waals surface area contributed by atoms with Gasteiger partial charge in [0.2, 0.25) is 5.91 Å². The third-order valence-corrected chi connectivity index (χ3v) is 2.64. The van der Waals surface area contributed by atoms with E-state index in [4.69, 9.17) is 15.2 Å². The number of benzene rings is 1. The molecule has 1 aromatic carbocycles. The van der Waals surface area contributed by atoms with Crippen molar-refractivity contribution in [1.29, 1.82) is 0 Å². The van der Waals surface area contributed by atoms with Crippen molar-refractivity contribution in [1.82, 2.24) is 4.98 Å². The van der Waals surface area contributed by atoms with Gasteiger partial charge in [-0.15, -0.1) is 0 Å². The number of carbonyl (C=O) groups is 1. The van der Waals surface area contributed by atoms with Crippen LogP contribution in [0.25, 0.3) is 10.9 Å². The van der Waals surface area contributed by atoms with Crippen LogP contribution in [0.5, 0.6) is 11.5 Å². The van der Waals surface area contributed by atoms with Crippen molar-refractivity contribution >= 4 is 16.8 Å². The molecule has 0 saturated heterocycles. The van der Waals surface area contributed by atoms with Crippen molar-refractivity contribution in [3.8, 4) is 11.5 Å². The molecule has 0 bridgehead atoms. The summed E-state index contributed by atoms with van der Waals surface area (Å²) in [6, 6.07) is 5.34. The Morgan fingerprint density at radius 3 is 2.94 bits per heavy atom. The second kappa shape index (κ2) is 3.62. The molecule has 0 atom stereocenters. The van der Waals surface area contributed by atoms with Crippen LogP contribution >= 0.6 is 0 Å². The number of hydrogen-bond acceptors (Lipinski definition) is 4. The van der Waals surface area contributed by atoms with Gasteiger partial charge in [-0.3, -0.25) is 9.78 Å². The molecule has 2 heterocycles. The second-order valence-electron chi connectivity index (χ2n) is 3.75. The van der Waals surface area contributed by atoms with E-state index in [1.807, 2.05) is 12.1 Å². The SMILES string of the molecule is NC(=O)c1cnc2c3c(ccc2c1)OCCO3. The van der Waals surface area contributed by atoms with Crippen LogP contribution in [0.2, 0.25) is 0 Å². The molecule has 1 amide bonds. The molecule has 0 radical (unpaired) electrons. The fourth-order valence-corrected chi connectivity index (χ4v) is 1.84. The lowest BCUT2D eigenvalue weighted by Crippen LogP contribution is -2.16. The van der Waals surface area contributed by atoms with Crippen molar-refractivity contribution in [3.63, 3.8) is 0 Å². The fourth-order valence-electron chi connectivity index (χ4n) is 1.84. The number of carbonyl (C=O) groups excluding carboxylic acids is 1. The number of primary amides is 1. The number of ether oxygens (including phenoxy) is 2. The minimum Gasteiger partial charge on any atom is -0.486 e. The quantitative estimate of drug-likeness (QED) is 0.796. The maximum absolute atomic E-state index is 11.1. The van der Waals surface area contributed by atoms with E-state index in [0.717, 1.165) is 5.39 Å². The largest absolute Gasteiger partial charge is 0.486 e. The Hall–Kier alpha value is -2.30. The Balaban J connectivity index is 2.24. The molecular weight excluding hydrogens is 220 g/mol. The molecule has 1 aliphatic rings. The molecule has 2 N–H and O–H groups in total. The first-order valence-electron chi connectivity index (χ1n) is 5.24. The lowest BCUT2D eigenvalue weighted by molar-refractivity contribution is 0.1000. The van der Waals surface area contributed by atoms with Crippen LogP contribution in [-0.4, -0.2) is 24.1 Å². The highest BCUT2D eigenvalue weighted by molar-refractivity contribution is 5.97. The minimum atomic E-state index is -0.491. The highest BCUT2D eigenvalue weighted by Gasteiger charge is 2.16. The molecule has 0 unspecified atom stereocenters. The molecule has 0 aliphatic carbocycles. The summed E-state index contributed by atoms with van der Waals surface area (Å²) in [7, 11) is 0. The lowest BCUT2D eigenvalue weighted by atomic mass is 10.1. The van der Waals surface area contributed by atoms with E-state index in [0.29, 0.717) is 35.8 Å². The molecule has 5 nitrogen and oxygen atoms in total. The molecule has 3 rings (SSSR count).